The van der Waals surface area contributed by atoms with Gasteiger partial charge in [-0.15, -0.1) is 11.3 Å². The molecule has 1 aliphatic rings. The molecule has 3 aromatic carbocycles. The lowest BCUT2D eigenvalue weighted by atomic mass is 9.94. The Kier molecular flexibility index (Phi) is 10.3. The van der Waals surface area contributed by atoms with E-state index in [9.17, 15) is 27.9 Å². The maximum atomic E-state index is 13.8. The third-order valence-corrected chi connectivity index (χ3v) is 8.63. The molecule has 7 nitrogen and oxygen atoms in total. The summed E-state index contributed by atoms with van der Waals surface area (Å²) in [6.07, 6.45) is -3.45. The number of aliphatic hydroxyl groups excluding tert-OH is 1. The molecular weight excluding hydrogens is 601 g/mol. The van der Waals surface area contributed by atoms with Gasteiger partial charge < -0.3 is 21.1 Å². The first-order valence-electron chi connectivity index (χ1n) is 14.8. The van der Waals surface area contributed by atoms with Crippen LogP contribution in [-0.4, -0.2) is 40.6 Å². The third-order valence-electron chi connectivity index (χ3n) is 7.66. The smallest absolute Gasteiger partial charge is 0.390 e. The van der Waals surface area contributed by atoms with Crippen molar-refractivity contribution >= 4 is 23.2 Å². The standard InChI is InChI=1S/C34H35F3N4O3S/c1-21-20-45-30(40-21)19-39-32(43)26-11-6-12-27(31(26)24-13-14-24)33(44)41-28(16-22-7-3-2-4-8-22)29(42)18-38-17-23-9-5-10-25(15-23)34(35,36)37/h2-12,15,20,24,28-29,38,42H,13-14,16-19H2,1H3,(H,39,43)(H,41,44)/t28-,29+/m0/s1. The number of amides is 2. The topological polar surface area (TPSA) is 103 Å². The Morgan fingerprint density at radius 2 is 1.64 bits per heavy atom. The van der Waals surface area contributed by atoms with Gasteiger partial charge in [0.15, 0.2) is 0 Å². The molecule has 1 aliphatic carbocycles. The Balaban J connectivity index is 1.30. The highest BCUT2D eigenvalue weighted by Crippen LogP contribution is 2.43. The number of thiazole rings is 1. The van der Waals surface area contributed by atoms with Gasteiger partial charge in [0.1, 0.15) is 5.01 Å². The molecule has 0 bridgehead atoms. The van der Waals surface area contributed by atoms with Gasteiger partial charge in [-0.05, 0) is 67.0 Å². The molecule has 0 saturated heterocycles. The number of carbonyl (C=O) groups excluding carboxylic acids is 2. The molecule has 45 heavy (non-hydrogen) atoms. The molecule has 0 spiro atoms. The van der Waals surface area contributed by atoms with E-state index in [1.807, 2.05) is 42.6 Å². The summed E-state index contributed by atoms with van der Waals surface area (Å²) in [6.45, 7) is 2.32. The Morgan fingerprint density at radius 3 is 2.31 bits per heavy atom. The van der Waals surface area contributed by atoms with Gasteiger partial charge in [0.2, 0.25) is 0 Å². The molecule has 1 aromatic heterocycles. The monoisotopic (exact) mass is 636 g/mol. The number of nitrogens with zero attached hydrogens (tertiary/aromatic N) is 1. The van der Waals surface area contributed by atoms with E-state index in [1.54, 1.807) is 24.3 Å². The van der Waals surface area contributed by atoms with Crippen LogP contribution in [0.4, 0.5) is 13.2 Å². The summed E-state index contributed by atoms with van der Waals surface area (Å²) >= 11 is 1.47. The van der Waals surface area contributed by atoms with Gasteiger partial charge >= 0.3 is 6.18 Å². The normalized spacial score (nSPS) is 14.5. The predicted octanol–water partition coefficient (Wildman–Crippen LogP) is 5.77. The minimum absolute atomic E-state index is 0.0299. The maximum absolute atomic E-state index is 13.8. The van der Waals surface area contributed by atoms with Gasteiger partial charge in [-0.2, -0.15) is 13.2 Å². The largest absolute Gasteiger partial charge is 0.416 e. The SMILES string of the molecule is Cc1csc(CNC(=O)c2cccc(C(=O)N[C@@H](Cc3ccccc3)[C@H](O)CNCc3cccc(C(F)(F)F)c3)c2C2CC2)n1. The first-order chi connectivity index (χ1) is 21.6. The van der Waals surface area contributed by atoms with E-state index in [2.05, 4.69) is 20.9 Å². The number of nitrogens with one attached hydrogen (secondary N) is 3. The fourth-order valence-corrected chi connectivity index (χ4v) is 5.98. The number of halogens is 3. The van der Waals surface area contributed by atoms with Crippen molar-refractivity contribution in [2.75, 3.05) is 6.54 Å². The molecule has 4 aromatic rings. The van der Waals surface area contributed by atoms with Crippen LogP contribution in [0.3, 0.4) is 0 Å². The number of aryl methyl sites for hydroxylation is 1. The third kappa shape index (κ3) is 8.78. The molecule has 1 fully saturated rings. The van der Waals surface area contributed by atoms with Crippen LogP contribution >= 0.6 is 11.3 Å². The zero-order valence-corrected chi connectivity index (χ0v) is 25.5. The van der Waals surface area contributed by atoms with Crippen LogP contribution in [0.25, 0.3) is 0 Å². The number of aliphatic hydroxyl groups is 1. The number of rotatable bonds is 13. The van der Waals surface area contributed by atoms with E-state index in [1.165, 1.54) is 17.4 Å². The molecule has 2 atom stereocenters. The van der Waals surface area contributed by atoms with Crippen molar-refractivity contribution in [2.45, 2.75) is 63.5 Å². The predicted molar refractivity (Wildman–Crippen MR) is 167 cm³/mol. The summed E-state index contributed by atoms with van der Waals surface area (Å²) in [6, 6.07) is 18.8. The Morgan fingerprint density at radius 1 is 0.956 bits per heavy atom. The van der Waals surface area contributed by atoms with Crippen molar-refractivity contribution in [3.63, 3.8) is 0 Å². The minimum atomic E-state index is -4.45. The number of alkyl halides is 3. The molecule has 0 aliphatic heterocycles. The van der Waals surface area contributed by atoms with Crippen LogP contribution in [0.5, 0.6) is 0 Å². The lowest BCUT2D eigenvalue weighted by Crippen LogP contribution is -2.49. The minimum Gasteiger partial charge on any atom is -0.390 e. The van der Waals surface area contributed by atoms with Gasteiger partial charge in [-0.25, -0.2) is 4.98 Å². The summed E-state index contributed by atoms with van der Waals surface area (Å²) in [5, 5.41) is 22.9. The van der Waals surface area contributed by atoms with E-state index in [4.69, 9.17) is 0 Å². The zero-order chi connectivity index (χ0) is 32.0. The van der Waals surface area contributed by atoms with Gasteiger partial charge in [0.05, 0.1) is 24.3 Å². The maximum Gasteiger partial charge on any atom is 0.416 e. The van der Waals surface area contributed by atoms with Crippen molar-refractivity contribution in [1.82, 2.24) is 20.9 Å². The number of hydrogen-bond acceptors (Lipinski definition) is 6. The van der Waals surface area contributed by atoms with Crippen LogP contribution in [-0.2, 0) is 25.7 Å². The quantitative estimate of drug-likeness (QED) is 0.149. The van der Waals surface area contributed by atoms with Crippen LogP contribution in [0.1, 0.15) is 72.4 Å². The number of benzene rings is 3. The van der Waals surface area contributed by atoms with Crippen molar-refractivity contribution in [1.29, 1.82) is 0 Å². The van der Waals surface area contributed by atoms with Crippen LogP contribution in [0.15, 0.2) is 78.2 Å². The summed E-state index contributed by atoms with van der Waals surface area (Å²) in [4.78, 5) is 31.4. The van der Waals surface area contributed by atoms with Crippen molar-refractivity contribution in [3.8, 4) is 0 Å². The molecule has 5 rings (SSSR count). The Hall–Kier alpha value is -4.06. The number of carbonyl (C=O) groups is 2. The van der Waals surface area contributed by atoms with Crippen LogP contribution < -0.4 is 16.0 Å². The highest BCUT2D eigenvalue weighted by molar-refractivity contribution is 7.09. The molecule has 11 heteroatoms. The molecule has 1 saturated carbocycles. The molecule has 0 unspecified atom stereocenters. The number of hydrogen-bond donors (Lipinski definition) is 4. The van der Waals surface area contributed by atoms with E-state index in [0.717, 1.165) is 41.2 Å². The molecule has 1 heterocycles. The van der Waals surface area contributed by atoms with Crippen molar-refractivity contribution in [3.05, 3.63) is 122 Å². The van der Waals surface area contributed by atoms with Crippen LogP contribution in [0.2, 0.25) is 0 Å². The Bertz CT molecular complexity index is 1620. The number of aromatic nitrogens is 1. The van der Waals surface area contributed by atoms with E-state index < -0.39 is 29.8 Å². The highest BCUT2D eigenvalue weighted by Gasteiger charge is 2.34. The first-order valence-corrected chi connectivity index (χ1v) is 15.7. The average Bonchev–Trinajstić information content (AvgIpc) is 3.79. The summed E-state index contributed by atoms with van der Waals surface area (Å²) in [5.74, 6) is -0.597. The second-order valence-corrected chi connectivity index (χ2v) is 12.2. The summed E-state index contributed by atoms with van der Waals surface area (Å²) in [5.41, 5.74) is 3.00. The Labute approximate surface area is 263 Å². The molecule has 2 amide bonds. The van der Waals surface area contributed by atoms with Crippen molar-refractivity contribution in [2.24, 2.45) is 0 Å². The van der Waals surface area contributed by atoms with Gasteiger partial charge in [-0.1, -0.05) is 54.6 Å². The zero-order valence-electron chi connectivity index (χ0n) is 24.7. The lowest BCUT2D eigenvalue weighted by Gasteiger charge is -2.26. The van der Waals surface area contributed by atoms with E-state index >= 15 is 0 Å². The molecule has 236 valence electrons. The van der Waals surface area contributed by atoms with Gasteiger partial charge in [0, 0.05) is 35.3 Å². The van der Waals surface area contributed by atoms with Gasteiger partial charge in [0.25, 0.3) is 11.8 Å². The fourth-order valence-electron chi connectivity index (χ4n) is 5.27. The molecule has 4 N–H and O–H groups in total. The van der Waals surface area contributed by atoms with E-state index in [0.29, 0.717) is 28.7 Å². The second-order valence-electron chi connectivity index (χ2n) is 11.3. The van der Waals surface area contributed by atoms with Crippen LogP contribution in [0, 0.1) is 6.92 Å². The molecule has 0 radical (unpaired) electrons. The first kappa shape index (κ1) is 32.3. The van der Waals surface area contributed by atoms with Crippen molar-refractivity contribution < 1.29 is 27.9 Å². The fraction of sp³-hybridized carbons (Fsp3) is 0.324. The van der Waals surface area contributed by atoms with Gasteiger partial charge in [-0.3, -0.25) is 9.59 Å². The lowest BCUT2D eigenvalue weighted by molar-refractivity contribution is -0.137. The molecular formula is C34H35F3N4O3S. The summed E-state index contributed by atoms with van der Waals surface area (Å²) in [7, 11) is 0. The average molecular weight is 637 g/mol. The van der Waals surface area contributed by atoms with E-state index in [-0.39, 0.29) is 31.5 Å². The summed E-state index contributed by atoms with van der Waals surface area (Å²) < 4.78 is 39.4. The second kappa shape index (κ2) is 14.4. The highest BCUT2D eigenvalue weighted by atomic mass is 32.1.